The van der Waals surface area contributed by atoms with Crippen molar-refractivity contribution in [3.05, 3.63) is 11.9 Å². The molecule has 0 fully saturated rings. The van der Waals surface area contributed by atoms with Crippen LogP contribution in [0.25, 0.3) is 0 Å². The summed E-state index contributed by atoms with van der Waals surface area (Å²) in [6, 6.07) is 0. The highest BCUT2D eigenvalue weighted by atomic mass is 16.1. The second kappa shape index (κ2) is 4.13. The minimum Gasteiger partial charge on any atom is -0.329 e. The average molecular weight is 182 g/mol. The van der Waals surface area contributed by atoms with Crippen LogP contribution in [0.2, 0.25) is 0 Å². The van der Waals surface area contributed by atoms with Gasteiger partial charge >= 0.3 is 0 Å². The quantitative estimate of drug-likeness (QED) is 0.669. The van der Waals surface area contributed by atoms with Crippen LogP contribution in [-0.2, 0) is 6.54 Å². The second-order valence-corrected chi connectivity index (χ2v) is 3.17. The van der Waals surface area contributed by atoms with Gasteiger partial charge in [-0.15, -0.1) is 5.10 Å². The number of rotatable bonds is 4. The van der Waals surface area contributed by atoms with Crippen LogP contribution >= 0.6 is 0 Å². The van der Waals surface area contributed by atoms with E-state index >= 15 is 0 Å². The van der Waals surface area contributed by atoms with Gasteiger partial charge in [-0.3, -0.25) is 9.48 Å². The van der Waals surface area contributed by atoms with Crippen LogP contribution in [0.1, 0.15) is 24.3 Å². The molecule has 1 heterocycles. The highest BCUT2D eigenvalue weighted by molar-refractivity contribution is 5.95. The van der Waals surface area contributed by atoms with Gasteiger partial charge in [0.05, 0.1) is 12.7 Å². The first-order valence-corrected chi connectivity index (χ1v) is 4.29. The molecule has 0 aliphatic carbocycles. The molecule has 1 aromatic heterocycles. The van der Waals surface area contributed by atoms with Crippen LogP contribution in [0, 0.1) is 5.92 Å². The number of carbonyl (C=O) groups is 1. The van der Waals surface area contributed by atoms with Gasteiger partial charge in [0.25, 0.3) is 0 Å². The van der Waals surface area contributed by atoms with Gasteiger partial charge in [-0.25, -0.2) is 0 Å². The fourth-order valence-corrected chi connectivity index (χ4v) is 0.949. The Kier molecular flexibility index (Phi) is 3.13. The van der Waals surface area contributed by atoms with Crippen molar-refractivity contribution in [1.29, 1.82) is 0 Å². The lowest BCUT2D eigenvalue weighted by molar-refractivity contribution is 0.0934. The Hall–Kier alpha value is -1.23. The highest BCUT2D eigenvalue weighted by Gasteiger charge is 2.13. The smallest absolute Gasteiger partial charge is 0.187 e. The Bertz CT molecular complexity index is 292. The van der Waals surface area contributed by atoms with E-state index < -0.39 is 0 Å². The highest BCUT2D eigenvalue weighted by Crippen LogP contribution is 2.03. The standard InChI is InChI=1S/C8H14N4O/c1-6(2)8(13)7-5-12(4-3-9)11-10-7/h5-6H,3-4,9H2,1-2H3. The van der Waals surface area contributed by atoms with Gasteiger partial charge in [0.15, 0.2) is 5.78 Å². The lowest BCUT2D eigenvalue weighted by Crippen LogP contribution is -2.10. The second-order valence-electron chi connectivity index (χ2n) is 3.17. The molecule has 1 aromatic rings. The third-order valence-electron chi connectivity index (χ3n) is 1.67. The normalized spacial score (nSPS) is 10.8. The van der Waals surface area contributed by atoms with Crippen LogP contribution < -0.4 is 5.73 Å². The van der Waals surface area contributed by atoms with Gasteiger partial charge in [0.1, 0.15) is 5.69 Å². The molecule has 0 spiro atoms. The molecule has 0 aliphatic rings. The maximum absolute atomic E-state index is 11.4. The SMILES string of the molecule is CC(C)C(=O)c1cn(CCN)nn1. The predicted octanol–water partition coefficient (Wildman–Crippen LogP) is 0.0755. The van der Waals surface area contributed by atoms with E-state index in [1.165, 1.54) is 0 Å². The Morgan fingerprint density at radius 1 is 1.69 bits per heavy atom. The molecule has 0 aliphatic heterocycles. The Morgan fingerprint density at radius 3 is 2.92 bits per heavy atom. The monoisotopic (exact) mass is 182 g/mol. The summed E-state index contributed by atoms with van der Waals surface area (Å²) in [6.07, 6.45) is 1.63. The summed E-state index contributed by atoms with van der Waals surface area (Å²) < 4.78 is 1.58. The van der Waals surface area contributed by atoms with E-state index in [4.69, 9.17) is 5.73 Å². The van der Waals surface area contributed by atoms with E-state index in [0.717, 1.165) is 0 Å². The van der Waals surface area contributed by atoms with E-state index in [-0.39, 0.29) is 11.7 Å². The summed E-state index contributed by atoms with van der Waals surface area (Å²) in [5.74, 6) is -0.0219. The summed E-state index contributed by atoms with van der Waals surface area (Å²) in [5.41, 5.74) is 5.75. The van der Waals surface area contributed by atoms with Crippen molar-refractivity contribution in [3.63, 3.8) is 0 Å². The zero-order chi connectivity index (χ0) is 9.84. The maximum atomic E-state index is 11.4. The van der Waals surface area contributed by atoms with Gasteiger partial charge in [-0.05, 0) is 0 Å². The first-order chi connectivity index (χ1) is 6.15. The molecule has 0 aromatic carbocycles. The molecule has 0 unspecified atom stereocenters. The van der Waals surface area contributed by atoms with E-state index in [2.05, 4.69) is 10.3 Å². The molecule has 0 saturated carbocycles. The van der Waals surface area contributed by atoms with Crippen molar-refractivity contribution in [1.82, 2.24) is 15.0 Å². The Morgan fingerprint density at radius 2 is 2.38 bits per heavy atom. The largest absolute Gasteiger partial charge is 0.329 e. The van der Waals surface area contributed by atoms with E-state index in [0.29, 0.717) is 18.8 Å². The van der Waals surface area contributed by atoms with Gasteiger partial charge in [0, 0.05) is 12.5 Å². The van der Waals surface area contributed by atoms with Crippen LogP contribution in [-0.4, -0.2) is 27.3 Å². The number of ketones is 1. The molecule has 72 valence electrons. The maximum Gasteiger partial charge on any atom is 0.187 e. The molecular weight excluding hydrogens is 168 g/mol. The van der Waals surface area contributed by atoms with Crippen LogP contribution in [0.4, 0.5) is 0 Å². The first kappa shape index (κ1) is 9.85. The fraction of sp³-hybridized carbons (Fsp3) is 0.625. The number of carbonyl (C=O) groups excluding carboxylic acids is 1. The lowest BCUT2D eigenvalue weighted by Gasteiger charge is -1.97. The van der Waals surface area contributed by atoms with Crippen LogP contribution in [0.15, 0.2) is 6.20 Å². The molecule has 0 saturated heterocycles. The fourth-order valence-electron chi connectivity index (χ4n) is 0.949. The van der Waals surface area contributed by atoms with Gasteiger partial charge in [-0.1, -0.05) is 19.1 Å². The van der Waals surface area contributed by atoms with Crippen molar-refractivity contribution < 1.29 is 4.79 Å². The zero-order valence-corrected chi connectivity index (χ0v) is 7.90. The zero-order valence-electron chi connectivity index (χ0n) is 7.90. The van der Waals surface area contributed by atoms with Gasteiger partial charge < -0.3 is 5.73 Å². The van der Waals surface area contributed by atoms with Crippen molar-refractivity contribution in [2.75, 3.05) is 6.54 Å². The summed E-state index contributed by atoms with van der Waals surface area (Å²) in [7, 11) is 0. The minimum atomic E-state index is -0.0389. The van der Waals surface area contributed by atoms with Crippen molar-refractivity contribution in [2.24, 2.45) is 11.7 Å². The number of hydrogen-bond acceptors (Lipinski definition) is 4. The summed E-state index contributed by atoms with van der Waals surface area (Å²) >= 11 is 0. The number of nitrogens with zero attached hydrogens (tertiary/aromatic N) is 3. The van der Waals surface area contributed by atoms with Crippen LogP contribution in [0.3, 0.4) is 0 Å². The topological polar surface area (TPSA) is 73.8 Å². The molecule has 1 rings (SSSR count). The Balaban J connectivity index is 2.73. The molecule has 5 nitrogen and oxygen atoms in total. The molecule has 13 heavy (non-hydrogen) atoms. The van der Waals surface area contributed by atoms with E-state index in [1.807, 2.05) is 13.8 Å². The predicted molar refractivity (Wildman–Crippen MR) is 48.2 cm³/mol. The number of Topliss-reactive ketones (excluding diaryl/α,β-unsaturated/α-hetero) is 1. The number of nitrogens with two attached hydrogens (primary N) is 1. The molecule has 0 bridgehead atoms. The molecule has 0 radical (unpaired) electrons. The Labute approximate surface area is 76.9 Å². The molecule has 0 amide bonds. The first-order valence-electron chi connectivity index (χ1n) is 4.29. The molecule has 2 N–H and O–H groups in total. The minimum absolute atomic E-state index is 0.0169. The third kappa shape index (κ3) is 2.35. The van der Waals surface area contributed by atoms with Crippen molar-refractivity contribution >= 4 is 5.78 Å². The van der Waals surface area contributed by atoms with E-state index in [9.17, 15) is 4.79 Å². The van der Waals surface area contributed by atoms with Crippen LogP contribution in [0.5, 0.6) is 0 Å². The third-order valence-corrected chi connectivity index (χ3v) is 1.67. The summed E-state index contributed by atoms with van der Waals surface area (Å²) in [4.78, 5) is 11.4. The summed E-state index contributed by atoms with van der Waals surface area (Å²) in [6.45, 7) is 4.77. The average Bonchev–Trinajstić information content (AvgIpc) is 2.52. The molecule has 5 heteroatoms. The van der Waals surface area contributed by atoms with E-state index in [1.54, 1.807) is 10.9 Å². The van der Waals surface area contributed by atoms with Gasteiger partial charge in [-0.2, -0.15) is 0 Å². The van der Waals surface area contributed by atoms with Crippen molar-refractivity contribution in [3.8, 4) is 0 Å². The molecular formula is C8H14N4O. The summed E-state index contributed by atoms with van der Waals surface area (Å²) in [5, 5.41) is 7.54. The lowest BCUT2D eigenvalue weighted by atomic mass is 10.1. The van der Waals surface area contributed by atoms with Crippen molar-refractivity contribution in [2.45, 2.75) is 20.4 Å². The number of hydrogen-bond donors (Lipinski definition) is 1. The number of aromatic nitrogens is 3. The molecule has 0 atom stereocenters. The van der Waals surface area contributed by atoms with Gasteiger partial charge in [0.2, 0.25) is 0 Å².